The van der Waals surface area contributed by atoms with Gasteiger partial charge in [-0.1, -0.05) is 17.8 Å². The maximum absolute atomic E-state index is 13.3. The van der Waals surface area contributed by atoms with Crippen molar-refractivity contribution in [2.24, 2.45) is 0 Å². The van der Waals surface area contributed by atoms with Crippen LogP contribution >= 0.6 is 11.8 Å². The number of thioether (sulfide) groups is 1. The lowest BCUT2D eigenvalue weighted by Gasteiger charge is -2.18. The number of alkyl halides is 6. The fraction of sp³-hybridized carbons (Fsp3) is 0.300. The molecule has 2 aliphatic rings. The highest BCUT2D eigenvalue weighted by Crippen LogP contribution is 2.45. The number of halogens is 6. The molecule has 1 aliphatic carbocycles. The van der Waals surface area contributed by atoms with E-state index in [1.807, 2.05) is 0 Å². The van der Waals surface area contributed by atoms with E-state index < -0.39 is 39.7 Å². The Kier molecular flexibility index (Phi) is 5.19. The molecule has 2 aromatic rings. The predicted molar refractivity (Wildman–Crippen MR) is 98.9 cm³/mol. The number of ether oxygens (including phenoxy) is 1. The molecule has 31 heavy (non-hydrogen) atoms. The van der Waals surface area contributed by atoms with E-state index in [2.05, 4.69) is 5.32 Å². The van der Waals surface area contributed by atoms with Gasteiger partial charge >= 0.3 is 12.4 Å². The zero-order chi connectivity index (χ0) is 22.6. The van der Waals surface area contributed by atoms with Crippen molar-refractivity contribution in [3.63, 3.8) is 0 Å². The lowest BCUT2D eigenvalue weighted by molar-refractivity contribution is -0.143. The molecule has 1 fully saturated rings. The quantitative estimate of drug-likeness (QED) is 0.579. The number of hydrogen-bond acceptors (Lipinski definition) is 4. The second kappa shape index (κ2) is 7.47. The number of fused-ring (bicyclic) bond motifs is 1. The Balaban J connectivity index is 1.62. The van der Waals surface area contributed by atoms with Gasteiger partial charge in [0.05, 0.1) is 11.1 Å². The molecule has 1 unspecified atom stereocenters. The van der Waals surface area contributed by atoms with Crippen LogP contribution in [0, 0.1) is 0 Å². The van der Waals surface area contributed by atoms with Crippen LogP contribution in [0.3, 0.4) is 0 Å². The molecule has 1 saturated heterocycles. The van der Waals surface area contributed by atoms with E-state index in [0.717, 1.165) is 22.9 Å². The Labute approximate surface area is 175 Å². The first kappa shape index (κ1) is 21.5. The van der Waals surface area contributed by atoms with E-state index in [1.165, 1.54) is 12.1 Å². The van der Waals surface area contributed by atoms with E-state index in [4.69, 9.17) is 4.74 Å². The van der Waals surface area contributed by atoms with Crippen molar-refractivity contribution >= 4 is 22.9 Å². The van der Waals surface area contributed by atoms with Crippen molar-refractivity contribution in [1.82, 2.24) is 5.32 Å². The molecule has 2 aromatic carbocycles. The Morgan fingerprint density at radius 2 is 1.71 bits per heavy atom. The monoisotopic (exact) mass is 461 g/mol. The zero-order valence-corrected chi connectivity index (χ0v) is 16.3. The zero-order valence-electron chi connectivity index (χ0n) is 15.4. The number of amides is 2. The van der Waals surface area contributed by atoms with Gasteiger partial charge in [-0.3, -0.25) is 14.9 Å². The number of carbonyl (C=O) groups is 2. The van der Waals surface area contributed by atoms with Crippen molar-refractivity contribution in [2.45, 2.75) is 36.4 Å². The summed E-state index contributed by atoms with van der Waals surface area (Å²) < 4.78 is 83.7. The highest BCUT2D eigenvalue weighted by molar-refractivity contribution is 8.15. The summed E-state index contributed by atoms with van der Waals surface area (Å²) in [6.07, 6.45) is -8.87. The summed E-state index contributed by atoms with van der Waals surface area (Å²) in [5, 5.41) is 1.23. The minimum atomic E-state index is -5.04. The van der Waals surface area contributed by atoms with Gasteiger partial charge in [-0.25, -0.2) is 0 Å². The molecule has 0 saturated carbocycles. The Morgan fingerprint density at radius 3 is 2.32 bits per heavy atom. The minimum absolute atomic E-state index is 0.0195. The van der Waals surface area contributed by atoms with Crippen LogP contribution in [0.15, 0.2) is 36.4 Å². The van der Waals surface area contributed by atoms with Crippen LogP contribution in [0.1, 0.15) is 34.6 Å². The van der Waals surface area contributed by atoms with Crippen LogP contribution in [-0.4, -0.2) is 16.4 Å². The normalized spacial score (nSPS) is 21.2. The van der Waals surface area contributed by atoms with Crippen LogP contribution in [0.4, 0.5) is 31.1 Å². The maximum Gasteiger partial charge on any atom is 0.420 e. The lowest BCUT2D eigenvalue weighted by atomic mass is 9.97. The summed E-state index contributed by atoms with van der Waals surface area (Å²) in [5.74, 6) is -1.32. The first-order valence-electron chi connectivity index (χ1n) is 9.04. The molecule has 11 heteroatoms. The Morgan fingerprint density at radius 1 is 0.968 bits per heavy atom. The van der Waals surface area contributed by atoms with E-state index in [-0.39, 0.29) is 23.6 Å². The molecule has 4 nitrogen and oxygen atoms in total. The number of imide groups is 1. The van der Waals surface area contributed by atoms with Crippen LogP contribution < -0.4 is 10.1 Å². The second-order valence-electron chi connectivity index (χ2n) is 7.13. The summed E-state index contributed by atoms with van der Waals surface area (Å²) in [6, 6.07) is 5.70. The first-order valence-corrected chi connectivity index (χ1v) is 9.92. The Hall–Kier alpha value is -2.69. The highest BCUT2D eigenvalue weighted by Gasteiger charge is 2.42. The second-order valence-corrected chi connectivity index (χ2v) is 8.24. The third-order valence-electron chi connectivity index (χ3n) is 5.16. The molecular formula is C20H13F6NO3S. The number of rotatable bonds is 3. The van der Waals surface area contributed by atoms with E-state index in [0.29, 0.717) is 25.0 Å². The highest BCUT2D eigenvalue weighted by atomic mass is 32.2. The number of hydrogen-bond donors (Lipinski definition) is 1. The smallest absolute Gasteiger partial charge is 0.420 e. The van der Waals surface area contributed by atoms with Crippen LogP contribution in [-0.2, 0) is 23.6 Å². The molecule has 0 radical (unpaired) electrons. The largest absolute Gasteiger partial charge is 0.457 e. The SMILES string of the molecule is O=C1NC(=O)C([C@@H]2CCc3cc(Oc4ccc(C(F)(F)F)cc4C(F)(F)F)ccc32)S1. The molecule has 164 valence electrons. The van der Waals surface area contributed by atoms with Gasteiger partial charge in [0.2, 0.25) is 5.91 Å². The average Bonchev–Trinajstić information content (AvgIpc) is 3.22. The summed E-state index contributed by atoms with van der Waals surface area (Å²) in [4.78, 5) is 23.4. The first-order chi connectivity index (χ1) is 14.4. The van der Waals surface area contributed by atoms with Gasteiger partial charge in [0.15, 0.2) is 0 Å². The molecule has 2 atom stereocenters. The maximum atomic E-state index is 13.3. The molecule has 0 bridgehead atoms. The van der Waals surface area contributed by atoms with Gasteiger partial charge in [-0.2, -0.15) is 26.3 Å². The lowest BCUT2D eigenvalue weighted by Crippen LogP contribution is -2.27. The molecule has 1 heterocycles. The summed E-state index contributed by atoms with van der Waals surface area (Å²) in [6.45, 7) is 0. The fourth-order valence-corrected chi connectivity index (χ4v) is 4.79. The molecule has 0 aromatic heterocycles. The minimum Gasteiger partial charge on any atom is -0.457 e. The fourth-order valence-electron chi connectivity index (χ4n) is 3.78. The summed E-state index contributed by atoms with van der Waals surface area (Å²) in [5.41, 5.74) is -1.42. The van der Waals surface area contributed by atoms with Crippen molar-refractivity contribution in [1.29, 1.82) is 0 Å². The molecular weight excluding hydrogens is 448 g/mol. The van der Waals surface area contributed by atoms with Gasteiger partial charge in [0, 0.05) is 5.92 Å². The third kappa shape index (κ3) is 4.23. The molecule has 1 N–H and O–H groups in total. The van der Waals surface area contributed by atoms with Gasteiger partial charge in [-0.05, 0) is 54.3 Å². The van der Waals surface area contributed by atoms with E-state index in [9.17, 15) is 35.9 Å². The van der Waals surface area contributed by atoms with Crippen molar-refractivity contribution < 1.29 is 40.7 Å². The predicted octanol–water partition coefficient (Wildman–Crippen LogP) is 5.90. The number of nitrogens with one attached hydrogen (secondary N) is 1. The summed E-state index contributed by atoms with van der Waals surface area (Å²) >= 11 is 0.902. The molecule has 4 rings (SSSR count). The number of aryl methyl sites for hydroxylation is 1. The van der Waals surface area contributed by atoms with Gasteiger partial charge in [0.25, 0.3) is 5.24 Å². The summed E-state index contributed by atoms with van der Waals surface area (Å²) in [7, 11) is 0. The van der Waals surface area contributed by atoms with Gasteiger partial charge in [0.1, 0.15) is 16.7 Å². The van der Waals surface area contributed by atoms with E-state index >= 15 is 0 Å². The van der Waals surface area contributed by atoms with Gasteiger partial charge in [-0.15, -0.1) is 0 Å². The van der Waals surface area contributed by atoms with Crippen molar-refractivity contribution in [2.75, 3.05) is 0 Å². The number of carbonyl (C=O) groups excluding carboxylic acids is 2. The number of benzene rings is 2. The topological polar surface area (TPSA) is 55.4 Å². The standard InChI is InChI=1S/C20H13F6NO3S/c21-19(22,23)10-2-6-15(14(8-10)20(24,25)26)30-11-3-5-12-9(7-11)1-4-13(12)16-17(28)27-18(29)31-16/h2-3,5-8,13,16H,1,4H2,(H,27,28,29)/t13-,16?/m1/s1. The third-order valence-corrected chi connectivity index (χ3v) is 6.27. The van der Waals surface area contributed by atoms with E-state index in [1.54, 1.807) is 6.07 Å². The van der Waals surface area contributed by atoms with Gasteiger partial charge < -0.3 is 4.74 Å². The van der Waals surface area contributed by atoms with Crippen molar-refractivity contribution in [3.05, 3.63) is 58.7 Å². The average molecular weight is 461 g/mol. The van der Waals surface area contributed by atoms with Crippen LogP contribution in [0.25, 0.3) is 0 Å². The molecule has 1 aliphatic heterocycles. The van der Waals surface area contributed by atoms with Crippen molar-refractivity contribution in [3.8, 4) is 11.5 Å². The molecule has 2 amide bonds. The van der Waals surface area contributed by atoms with Crippen LogP contribution in [0.2, 0.25) is 0 Å². The van der Waals surface area contributed by atoms with Crippen LogP contribution in [0.5, 0.6) is 11.5 Å². The molecule has 0 spiro atoms. The Bertz CT molecular complexity index is 1070.